The number of hydrogen-bond acceptors (Lipinski definition) is 8. The lowest BCUT2D eigenvalue weighted by Crippen LogP contribution is -2.45. The van der Waals surface area contributed by atoms with Gasteiger partial charge in [0, 0.05) is 25.9 Å². The maximum absolute atomic E-state index is 5.40. The summed E-state index contributed by atoms with van der Waals surface area (Å²) in [5, 5.41) is 8.08. The van der Waals surface area contributed by atoms with Crippen LogP contribution in [0.3, 0.4) is 0 Å². The first-order valence-corrected chi connectivity index (χ1v) is 9.03. The zero-order valence-electron chi connectivity index (χ0n) is 15.6. The third kappa shape index (κ3) is 5.09. The molecule has 8 nitrogen and oxygen atoms in total. The third-order valence-corrected chi connectivity index (χ3v) is 4.52. The molecule has 3 rings (SSSR count). The topological polar surface area (TPSA) is 84.3 Å². The standard InChI is InChI=1S/C17H28N6O2/c1-12(2)8-15-19-17(25-20-15)11-22(4)14-6-5-7-23(9-14)10-16-18-13(3)24-21-16/h12,14H,5-11H2,1-4H3/t14-/m1/s1. The molecular weight excluding hydrogens is 320 g/mol. The van der Waals surface area contributed by atoms with Gasteiger partial charge in [0.25, 0.3) is 0 Å². The van der Waals surface area contributed by atoms with Crippen molar-refractivity contribution < 1.29 is 9.05 Å². The lowest BCUT2D eigenvalue weighted by Gasteiger charge is -2.36. The van der Waals surface area contributed by atoms with Gasteiger partial charge < -0.3 is 9.05 Å². The van der Waals surface area contributed by atoms with Crippen molar-refractivity contribution in [1.29, 1.82) is 0 Å². The van der Waals surface area contributed by atoms with E-state index in [1.165, 1.54) is 6.42 Å². The Morgan fingerprint density at radius 3 is 2.72 bits per heavy atom. The van der Waals surface area contributed by atoms with Crippen LogP contribution in [0, 0.1) is 12.8 Å². The van der Waals surface area contributed by atoms with Crippen LogP contribution in [-0.2, 0) is 19.5 Å². The zero-order chi connectivity index (χ0) is 17.8. The number of rotatable bonds is 7. The van der Waals surface area contributed by atoms with Crippen LogP contribution in [-0.4, -0.2) is 56.3 Å². The molecule has 1 fully saturated rings. The maximum atomic E-state index is 5.40. The number of aromatic nitrogens is 4. The minimum absolute atomic E-state index is 0.460. The normalized spacial score (nSPS) is 19.2. The first-order valence-electron chi connectivity index (χ1n) is 9.03. The quantitative estimate of drug-likeness (QED) is 0.752. The second kappa shape index (κ2) is 8.05. The van der Waals surface area contributed by atoms with E-state index in [1.54, 1.807) is 0 Å². The predicted molar refractivity (Wildman–Crippen MR) is 91.6 cm³/mol. The van der Waals surface area contributed by atoms with Crippen LogP contribution in [0.25, 0.3) is 0 Å². The van der Waals surface area contributed by atoms with E-state index in [9.17, 15) is 0 Å². The summed E-state index contributed by atoms with van der Waals surface area (Å²) < 4.78 is 10.5. The summed E-state index contributed by atoms with van der Waals surface area (Å²) in [5.74, 6) is 3.41. The third-order valence-electron chi connectivity index (χ3n) is 4.52. The molecule has 1 saturated heterocycles. The lowest BCUT2D eigenvalue weighted by molar-refractivity contribution is 0.0972. The van der Waals surface area contributed by atoms with Crippen LogP contribution < -0.4 is 0 Å². The molecule has 25 heavy (non-hydrogen) atoms. The van der Waals surface area contributed by atoms with Crippen LogP contribution in [0.4, 0.5) is 0 Å². The lowest BCUT2D eigenvalue weighted by atomic mass is 10.0. The summed E-state index contributed by atoms with van der Waals surface area (Å²) >= 11 is 0. The van der Waals surface area contributed by atoms with Gasteiger partial charge in [0.05, 0.1) is 13.1 Å². The Labute approximate surface area is 148 Å². The fraction of sp³-hybridized carbons (Fsp3) is 0.765. The SMILES string of the molecule is Cc1nc(CN2CCC[C@@H](N(C)Cc3nc(CC(C)C)no3)C2)no1. The first-order chi connectivity index (χ1) is 12.0. The minimum atomic E-state index is 0.460. The molecule has 0 saturated carbocycles. The number of likely N-dealkylation sites (tertiary alicyclic amines) is 1. The molecule has 1 aliphatic heterocycles. The van der Waals surface area contributed by atoms with E-state index < -0.39 is 0 Å². The summed E-state index contributed by atoms with van der Waals surface area (Å²) in [6.07, 6.45) is 3.19. The van der Waals surface area contributed by atoms with Gasteiger partial charge in [0.1, 0.15) is 0 Å². The maximum Gasteiger partial charge on any atom is 0.240 e. The van der Waals surface area contributed by atoms with Gasteiger partial charge in [0.15, 0.2) is 11.6 Å². The van der Waals surface area contributed by atoms with E-state index in [0.717, 1.165) is 44.1 Å². The van der Waals surface area contributed by atoms with Crippen molar-refractivity contribution in [2.75, 3.05) is 20.1 Å². The van der Waals surface area contributed by atoms with Crippen molar-refractivity contribution in [2.24, 2.45) is 5.92 Å². The van der Waals surface area contributed by atoms with Gasteiger partial charge in [-0.3, -0.25) is 9.80 Å². The number of hydrogen-bond donors (Lipinski definition) is 0. The molecule has 0 radical (unpaired) electrons. The molecule has 0 unspecified atom stereocenters. The highest BCUT2D eigenvalue weighted by Gasteiger charge is 2.25. The Hall–Kier alpha value is -1.80. The minimum Gasteiger partial charge on any atom is -0.340 e. The van der Waals surface area contributed by atoms with Crippen molar-refractivity contribution in [3.8, 4) is 0 Å². The van der Waals surface area contributed by atoms with E-state index in [2.05, 4.69) is 51.0 Å². The van der Waals surface area contributed by atoms with E-state index in [1.807, 2.05) is 6.92 Å². The van der Waals surface area contributed by atoms with E-state index in [0.29, 0.717) is 30.3 Å². The van der Waals surface area contributed by atoms with E-state index >= 15 is 0 Å². The van der Waals surface area contributed by atoms with Crippen LogP contribution in [0.5, 0.6) is 0 Å². The highest BCUT2D eigenvalue weighted by molar-refractivity contribution is 4.90. The fourth-order valence-electron chi connectivity index (χ4n) is 3.28. The molecule has 0 N–H and O–H groups in total. The molecule has 8 heteroatoms. The van der Waals surface area contributed by atoms with Gasteiger partial charge in [-0.05, 0) is 32.4 Å². The summed E-state index contributed by atoms with van der Waals surface area (Å²) in [4.78, 5) is 13.5. The van der Waals surface area contributed by atoms with E-state index in [-0.39, 0.29) is 0 Å². The largest absolute Gasteiger partial charge is 0.340 e. The second-order valence-electron chi connectivity index (χ2n) is 7.38. The van der Waals surface area contributed by atoms with Crippen molar-refractivity contribution in [3.63, 3.8) is 0 Å². The Morgan fingerprint density at radius 1 is 1.20 bits per heavy atom. The molecule has 0 aliphatic carbocycles. The highest BCUT2D eigenvalue weighted by atomic mass is 16.5. The molecule has 0 aromatic carbocycles. The van der Waals surface area contributed by atoms with Gasteiger partial charge in [-0.1, -0.05) is 24.2 Å². The molecule has 2 aromatic heterocycles. The molecule has 0 bridgehead atoms. The van der Waals surface area contributed by atoms with Crippen LogP contribution >= 0.6 is 0 Å². The fourth-order valence-corrected chi connectivity index (χ4v) is 3.28. The second-order valence-corrected chi connectivity index (χ2v) is 7.38. The highest BCUT2D eigenvalue weighted by Crippen LogP contribution is 2.18. The molecule has 1 aliphatic rings. The van der Waals surface area contributed by atoms with Gasteiger partial charge in [-0.15, -0.1) is 0 Å². The Balaban J connectivity index is 1.52. The van der Waals surface area contributed by atoms with Crippen LogP contribution in [0.15, 0.2) is 9.05 Å². The summed E-state index contributed by atoms with van der Waals surface area (Å²) in [7, 11) is 2.12. The van der Waals surface area contributed by atoms with Gasteiger partial charge in [-0.2, -0.15) is 9.97 Å². The molecule has 0 amide bonds. The zero-order valence-corrected chi connectivity index (χ0v) is 15.6. The van der Waals surface area contributed by atoms with Crippen molar-refractivity contribution in [2.45, 2.75) is 59.2 Å². The van der Waals surface area contributed by atoms with Crippen molar-refractivity contribution in [3.05, 3.63) is 23.4 Å². The Kier molecular flexibility index (Phi) is 5.80. The van der Waals surface area contributed by atoms with Crippen molar-refractivity contribution >= 4 is 0 Å². The molecule has 1 atom stereocenters. The molecule has 0 spiro atoms. The number of nitrogens with zero attached hydrogens (tertiary/aromatic N) is 6. The summed E-state index contributed by atoms with van der Waals surface area (Å²) in [6.45, 7) is 9.61. The average molecular weight is 348 g/mol. The Morgan fingerprint density at radius 2 is 2.00 bits per heavy atom. The summed E-state index contributed by atoms with van der Waals surface area (Å²) in [6, 6.07) is 0.460. The monoisotopic (exact) mass is 348 g/mol. The smallest absolute Gasteiger partial charge is 0.240 e. The molecule has 3 heterocycles. The molecule has 138 valence electrons. The van der Waals surface area contributed by atoms with Crippen LogP contribution in [0.1, 0.15) is 50.1 Å². The van der Waals surface area contributed by atoms with Crippen LogP contribution in [0.2, 0.25) is 0 Å². The Bertz CT molecular complexity index is 668. The number of piperidine rings is 1. The molecule has 2 aromatic rings. The number of likely N-dealkylation sites (N-methyl/N-ethyl adjacent to an activating group) is 1. The van der Waals surface area contributed by atoms with Crippen molar-refractivity contribution in [1.82, 2.24) is 30.1 Å². The van der Waals surface area contributed by atoms with Gasteiger partial charge >= 0.3 is 0 Å². The van der Waals surface area contributed by atoms with Gasteiger partial charge in [0.2, 0.25) is 11.8 Å². The van der Waals surface area contributed by atoms with E-state index in [4.69, 9.17) is 9.05 Å². The predicted octanol–water partition coefficient (Wildman–Crippen LogP) is 2.06. The molecular formula is C17H28N6O2. The first kappa shape index (κ1) is 18.0. The summed E-state index contributed by atoms with van der Waals surface area (Å²) in [5.41, 5.74) is 0. The van der Waals surface area contributed by atoms with Gasteiger partial charge in [-0.25, -0.2) is 0 Å². The number of aryl methyl sites for hydroxylation is 1. The average Bonchev–Trinajstić information content (AvgIpc) is 3.16.